The molecule has 0 amide bonds. The van der Waals surface area contributed by atoms with E-state index in [2.05, 4.69) is 164 Å². The lowest BCUT2D eigenvalue weighted by Gasteiger charge is -2.12. The van der Waals surface area contributed by atoms with Crippen LogP contribution >= 0.6 is 0 Å². The van der Waals surface area contributed by atoms with Crippen LogP contribution in [0.3, 0.4) is 0 Å². The lowest BCUT2D eigenvalue weighted by atomic mass is 9.94. The minimum absolute atomic E-state index is 0.586. The SMILES string of the molecule is c1ccc(-c2cccc(-c3nc(-c4ccccc4)nc(-c4ccc(-c5ccc(-c6cccc7ccccc67)cc5)c5oc6ccc7ccccc7c6c45)n3)c2)cc1. The maximum atomic E-state index is 6.90. The van der Waals surface area contributed by atoms with E-state index in [1.807, 2.05) is 36.4 Å². The normalized spacial score (nSPS) is 11.5. The number of hydrogen-bond acceptors (Lipinski definition) is 4. The molecular weight excluding hydrogens is 695 g/mol. The lowest BCUT2D eigenvalue weighted by Crippen LogP contribution is -2.00. The standard InChI is InChI=1S/C53H33N3O/c1-3-13-34(14-4-1)40-20-11-21-41(33-40)52-54-51(39-17-5-2-6-18-39)55-53(56-52)46-31-30-45(50-49(46)48-44-23-10-8-16-36(44)29-32-47(48)57-50)38-27-25-37(26-28-38)43-24-12-19-35-15-7-9-22-42(35)43/h1-33H. The van der Waals surface area contributed by atoms with Gasteiger partial charge in [-0.05, 0) is 73.6 Å². The van der Waals surface area contributed by atoms with E-state index in [-0.39, 0.29) is 0 Å². The second-order valence-electron chi connectivity index (χ2n) is 14.3. The molecule has 0 fully saturated rings. The Morgan fingerprint density at radius 1 is 0.298 bits per heavy atom. The van der Waals surface area contributed by atoms with Gasteiger partial charge in [-0.2, -0.15) is 0 Å². The molecule has 0 saturated heterocycles. The molecule has 0 aliphatic heterocycles. The Morgan fingerprint density at radius 2 is 0.842 bits per heavy atom. The predicted octanol–water partition coefficient (Wildman–Crippen LogP) is 14.1. The molecule has 11 aromatic rings. The molecular formula is C53H33N3O. The van der Waals surface area contributed by atoms with Gasteiger partial charge < -0.3 is 4.42 Å². The molecule has 0 bridgehead atoms. The average molecular weight is 728 g/mol. The smallest absolute Gasteiger partial charge is 0.164 e. The van der Waals surface area contributed by atoms with E-state index in [4.69, 9.17) is 19.4 Å². The van der Waals surface area contributed by atoms with Crippen molar-refractivity contribution in [1.29, 1.82) is 0 Å². The Labute approximate surface area is 329 Å². The topological polar surface area (TPSA) is 51.8 Å². The molecule has 266 valence electrons. The third-order valence-electron chi connectivity index (χ3n) is 10.9. The Balaban J connectivity index is 1.13. The number of nitrogens with zero attached hydrogens (tertiary/aromatic N) is 3. The van der Waals surface area contributed by atoms with Crippen LogP contribution in [0.4, 0.5) is 0 Å². The first kappa shape index (κ1) is 32.7. The van der Waals surface area contributed by atoms with E-state index in [1.54, 1.807) is 0 Å². The van der Waals surface area contributed by atoms with E-state index in [1.165, 1.54) is 21.9 Å². The fourth-order valence-electron chi connectivity index (χ4n) is 8.17. The van der Waals surface area contributed by atoms with Gasteiger partial charge in [-0.15, -0.1) is 0 Å². The zero-order valence-corrected chi connectivity index (χ0v) is 30.8. The second-order valence-corrected chi connectivity index (χ2v) is 14.3. The largest absolute Gasteiger partial charge is 0.455 e. The summed E-state index contributed by atoms with van der Waals surface area (Å²) >= 11 is 0. The summed E-state index contributed by atoms with van der Waals surface area (Å²) in [4.78, 5) is 15.6. The van der Waals surface area contributed by atoms with Crippen molar-refractivity contribution in [3.8, 4) is 67.5 Å². The third kappa shape index (κ3) is 5.74. The number of fused-ring (bicyclic) bond motifs is 6. The number of hydrogen-bond donors (Lipinski definition) is 0. The summed E-state index contributed by atoms with van der Waals surface area (Å²) < 4.78 is 6.90. The molecule has 2 aromatic heterocycles. The maximum absolute atomic E-state index is 6.90. The first-order chi connectivity index (χ1) is 28.2. The third-order valence-corrected chi connectivity index (χ3v) is 10.9. The molecule has 57 heavy (non-hydrogen) atoms. The number of rotatable bonds is 6. The highest BCUT2D eigenvalue weighted by Crippen LogP contribution is 2.44. The van der Waals surface area contributed by atoms with Crippen LogP contribution < -0.4 is 0 Å². The van der Waals surface area contributed by atoms with Crippen LogP contribution in [0.2, 0.25) is 0 Å². The van der Waals surface area contributed by atoms with Crippen molar-refractivity contribution in [2.24, 2.45) is 0 Å². The van der Waals surface area contributed by atoms with Crippen molar-refractivity contribution in [3.63, 3.8) is 0 Å². The van der Waals surface area contributed by atoms with Gasteiger partial charge in [0.15, 0.2) is 17.5 Å². The van der Waals surface area contributed by atoms with Gasteiger partial charge in [0.1, 0.15) is 11.2 Å². The number of benzene rings is 9. The zero-order valence-electron chi connectivity index (χ0n) is 30.8. The average Bonchev–Trinajstić information content (AvgIpc) is 3.70. The van der Waals surface area contributed by atoms with E-state index >= 15 is 0 Å². The molecule has 0 aliphatic rings. The van der Waals surface area contributed by atoms with Gasteiger partial charge in [-0.25, -0.2) is 15.0 Å². The van der Waals surface area contributed by atoms with Crippen LogP contribution in [-0.2, 0) is 0 Å². The molecule has 9 aromatic carbocycles. The molecule has 0 spiro atoms. The minimum Gasteiger partial charge on any atom is -0.455 e. The number of furan rings is 1. The predicted molar refractivity (Wildman–Crippen MR) is 235 cm³/mol. The van der Waals surface area contributed by atoms with Crippen LogP contribution in [0.1, 0.15) is 0 Å². The molecule has 0 saturated carbocycles. The van der Waals surface area contributed by atoms with Crippen LogP contribution in [0.15, 0.2) is 205 Å². The summed E-state index contributed by atoms with van der Waals surface area (Å²) in [6, 6.07) is 69.8. The molecule has 0 aliphatic carbocycles. The quantitative estimate of drug-likeness (QED) is 0.171. The van der Waals surface area contributed by atoms with Crippen molar-refractivity contribution >= 4 is 43.5 Å². The van der Waals surface area contributed by atoms with Crippen molar-refractivity contribution in [3.05, 3.63) is 200 Å². The minimum atomic E-state index is 0.586. The summed E-state index contributed by atoms with van der Waals surface area (Å²) in [5.74, 6) is 1.80. The van der Waals surface area contributed by atoms with E-state index in [9.17, 15) is 0 Å². The van der Waals surface area contributed by atoms with Gasteiger partial charge >= 0.3 is 0 Å². The summed E-state index contributed by atoms with van der Waals surface area (Å²) in [6.45, 7) is 0. The fourth-order valence-corrected chi connectivity index (χ4v) is 8.17. The molecule has 4 heteroatoms. The van der Waals surface area contributed by atoms with Gasteiger partial charge in [0.05, 0.1) is 0 Å². The van der Waals surface area contributed by atoms with E-state index in [0.717, 1.165) is 71.7 Å². The van der Waals surface area contributed by atoms with Crippen LogP contribution in [0, 0.1) is 0 Å². The Hall–Kier alpha value is -7.69. The highest BCUT2D eigenvalue weighted by molar-refractivity contribution is 6.24. The zero-order chi connectivity index (χ0) is 37.7. The van der Waals surface area contributed by atoms with Crippen LogP contribution in [-0.4, -0.2) is 15.0 Å². The molecule has 11 rings (SSSR count). The van der Waals surface area contributed by atoms with Gasteiger partial charge in [0.25, 0.3) is 0 Å². The van der Waals surface area contributed by atoms with Gasteiger partial charge in [-0.1, -0.05) is 176 Å². The first-order valence-corrected chi connectivity index (χ1v) is 19.2. The maximum Gasteiger partial charge on any atom is 0.164 e. The fraction of sp³-hybridized carbons (Fsp3) is 0. The molecule has 0 N–H and O–H groups in total. The Kier molecular flexibility index (Phi) is 7.78. The molecule has 0 atom stereocenters. The molecule has 0 radical (unpaired) electrons. The van der Waals surface area contributed by atoms with Gasteiger partial charge in [0, 0.05) is 33.0 Å². The Morgan fingerprint density at radius 3 is 1.61 bits per heavy atom. The van der Waals surface area contributed by atoms with Crippen molar-refractivity contribution in [2.45, 2.75) is 0 Å². The van der Waals surface area contributed by atoms with Crippen molar-refractivity contribution < 1.29 is 4.42 Å². The Bertz CT molecular complexity index is 3270. The number of aromatic nitrogens is 3. The van der Waals surface area contributed by atoms with Crippen molar-refractivity contribution in [2.75, 3.05) is 0 Å². The van der Waals surface area contributed by atoms with Gasteiger partial charge in [0.2, 0.25) is 0 Å². The van der Waals surface area contributed by atoms with Crippen LogP contribution in [0.5, 0.6) is 0 Å². The second kappa shape index (κ2) is 13.6. The summed E-state index contributed by atoms with van der Waals surface area (Å²) in [5.41, 5.74) is 11.0. The highest BCUT2D eigenvalue weighted by Gasteiger charge is 2.22. The monoisotopic (exact) mass is 727 g/mol. The lowest BCUT2D eigenvalue weighted by molar-refractivity contribution is 0.670. The molecule has 4 nitrogen and oxygen atoms in total. The summed E-state index contributed by atoms with van der Waals surface area (Å²) in [5, 5.41) is 6.75. The molecule has 0 unspecified atom stereocenters. The van der Waals surface area contributed by atoms with Gasteiger partial charge in [-0.3, -0.25) is 0 Å². The van der Waals surface area contributed by atoms with Crippen molar-refractivity contribution in [1.82, 2.24) is 15.0 Å². The summed E-state index contributed by atoms with van der Waals surface area (Å²) in [6.07, 6.45) is 0. The highest BCUT2D eigenvalue weighted by atomic mass is 16.3. The van der Waals surface area contributed by atoms with E-state index < -0.39 is 0 Å². The van der Waals surface area contributed by atoms with E-state index in [0.29, 0.717) is 17.5 Å². The first-order valence-electron chi connectivity index (χ1n) is 19.2. The van der Waals surface area contributed by atoms with Crippen LogP contribution in [0.25, 0.3) is 111 Å². The molecule has 2 heterocycles. The summed E-state index contributed by atoms with van der Waals surface area (Å²) in [7, 11) is 0.